The molecule has 13 heavy (non-hydrogen) atoms. The molecule has 0 aromatic heterocycles. The smallest absolute Gasteiger partial charge is 0.181 e. The van der Waals surface area contributed by atoms with E-state index in [0.717, 1.165) is 10.3 Å². The van der Waals surface area contributed by atoms with Gasteiger partial charge in [-0.25, -0.2) is 4.74 Å². The molecule has 1 atom stereocenters. The van der Waals surface area contributed by atoms with E-state index in [0.29, 0.717) is 0 Å². The minimum Gasteiger partial charge on any atom is -0.624 e. The highest BCUT2D eigenvalue weighted by Gasteiger charge is 2.00. The van der Waals surface area contributed by atoms with Crippen molar-refractivity contribution < 1.29 is 9.85 Å². The molecule has 0 aliphatic carbocycles. The fourth-order valence-electron chi connectivity index (χ4n) is 1.02. The molecule has 0 radical (unpaired) electrons. The molecule has 0 fully saturated rings. The van der Waals surface area contributed by atoms with Crippen LogP contribution in [0.3, 0.4) is 0 Å². The Bertz CT molecular complexity index is 280. The fourth-order valence-corrected chi connectivity index (χ4v) is 1.02. The highest BCUT2D eigenvalue weighted by atomic mass is 16.5. The van der Waals surface area contributed by atoms with Crippen molar-refractivity contribution in [3.63, 3.8) is 0 Å². The Morgan fingerprint density at radius 1 is 1.46 bits per heavy atom. The van der Waals surface area contributed by atoms with Gasteiger partial charge in [0.25, 0.3) is 0 Å². The van der Waals surface area contributed by atoms with E-state index >= 15 is 0 Å². The average molecular weight is 179 g/mol. The van der Waals surface area contributed by atoms with E-state index < -0.39 is 6.10 Å². The van der Waals surface area contributed by atoms with Gasteiger partial charge in [-0.1, -0.05) is 18.2 Å². The number of nitrogens with zero attached hydrogens (tertiary/aromatic N) is 1. The molecule has 1 unspecified atom stereocenters. The van der Waals surface area contributed by atoms with E-state index in [1.165, 1.54) is 6.21 Å². The highest BCUT2D eigenvalue weighted by molar-refractivity contribution is 5.75. The van der Waals surface area contributed by atoms with Gasteiger partial charge < -0.3 is 10.3 Å². The quantitative estimate of drug-likeness (QED) is 0.325. The van der Waals surface area contributed by atoms with Crippen molar-refractivity contribution in [3.05, 3.63) is 41.1 Å². The standard InChI is InChI=1S/C10H13NO2/c1-9(12)7-11(13)8-10-5-3-2-4-6-10/h2-6,8-9,12H,7H2,1H3/b11-8-. The molecule has 70 valence electrons. The number of hydroxylamine groups is 1. The normalized spacial score (nSPS) is 14.2. The summed E-state index contributed by atoms with van der Waals surface area (Å²) in [5.74, 6) is 0. The molecule has 0 heterocycles. The molecule has 3 nitrogen and oxygen atoms in total. The Morgan fingerprint density at radius 3 is 2.62 bits per heavy atom. The molecule has 0 spiro atoms. The van der Waals surface area contributed by atoms with Gasteiger partial charge in [-0.05, 0) is 19.1 Å². The largest absolute Gasteiger partial charge is 0.624 e. The zero-order chi connectivity index (χ0) is 9.68. The Kier molecular flexibility index (Phi) is 3.46. The molecule has 0 saturated heterocycles. The SMILES string of the molecule is CC(O)C/[N+]([O-])=C/c1ccccc1. The zero-order valence-electron chi connectivity index (χ0n) is 7.55. The summed E-state index contributed by atoms with van der Waals surface area (Å²) in [4.78, 5) is 0. The molecule has 0 aliphatic heterocycles. The summed E-state index contributed by atoms with van der Waals surface area (Å²) in [6, 6.07) is 9.30. The first-order chi connectivity index (χ1) is 6.18. The molecule has 3 heteroatoms. The third kappa shape index (κ3) is 3.71. The van der Waals surface area contributed by atoms with Crippen molar-refractivity contribution in [2.24, 2.45) is 0 Å². The van der Waals surface area contributed by atoms with Crippen LogP contribution < -0.4 is 0 Å². The minimum atomic E-state index is -0.600. The van der Waals surface area contributed by atoms with E-state index in [4.69, 9.17) is 5.11 Å². The average Bonchev–Trinajstić information content (AvgIpc) is 2.04. The number of aliphatic hydroxyl groups is 1. The van der Waals surface area contributed by atoms with Crippen LogP contribution in [-0.2, 0) is 0 Å². The molecular formula is C10H13NO2. The highest BCUT2D eigenvalue weighted by Crippen LogP contribution is 1.94. The van der Waals surface area contributed by atoms with Crippen LogP contribution >= 0.6 is 0 Å². The van der Waals surface area contributed by atoms with Crippen LogP contribution in [0, 0.1) is 5.21 Å². The van der Waals surface area contributed by atoms with Gasteiger partial charge in [0.05, 0.1) is 0 Å². The van der Waals surface area contributed by atoms with Gasteiger partial charge in [0.2, 0.25) is 0 Å². The van der Waals surface area contributed by atoms with Crippen molar-refractivity contribution in [3.8, 4) is 0 Å². The van der Waals surface area contributed by atoms with Crippen molar-refractivity contribution in [2.75, 3.05) is 6.54 Å². The first-order valence-electron chi connectivity index (χ1n) is 4.20. The molecular weight excluding hydrogens is 166 g/mol. The van der Waals surface area contributed by atoms with Crippen molar-refractivity contribution in [1.29, 1.82) is 0 Å². The topological polar surface area (TPSA) is 46.3 Å². The summed E-state index contributed by atoms with van der Waals surface area (Å²) < 4.78 is 0.736. The lowest BCUT2D eigenvalue weighted by molar-refractivity contribution is -0.462. The maximum atomic E-state index is 11.1. The molecule has 1 aromatic carbocycles. The van der Waals surface area contributed by atoms with E-state index in [-0.39, 0.29) is 6.54 Å². The van der Waals surface area contributed by atoms with Crippen molar-refractivity contribution in [2.45, 2.75) is 13.0 Å². The number of rotatable bonds is 3. The molecule has 1 aromatic rings. The van der Waals surface area contributed by atoms with Crippen LogP contribution in [0.4, 0.5) is 0 Å². The van der Waals surface area contributed by atoms with E-state index in [1.54, 1.807) is 6.92 Å². The lowest BCUT2D eigenvalue weighted by atomic mass is 10.2. The number of hydrogen-bond donors (Lipinski definition) is 1. The maximum Gasteiger partial charge on any atom is 0.181 e. The molecule has 0 aliphatic rings. The van der Waals surface area contributed by atoms with Crippen LogP contribution in [-0.4, -0.2) is 28.7 Å². The first kappa shape index (κ1) is 9.74. The number of hydrogen-bond acceptors (Lipinski definition) is 2. The van der Waals surface area contributed by atoms with Crippen LogP contribution in [0.1, 0.15) is 12.5 Å². The number of benzene rings is 1. The second-order valence-electron chi connectivity index (χ2n) is 2.99. The zero-order valence-corrected chi connectivity index (χ0v) is 7.55. The summed E-state index contributed by atoms with van der Waals surface area (Å²) >= 11 is 0. The van der Waals surface area contributed by atoms with Crippen molar-refractivity contribution in [1.82, 2.24) is 0 Å². The van der Waals surface area contributed by atoms with E-state index in [2.05, 4.69) is 0 Å². The van der Waals surface area contributed by atoms with E-state index in [1.807, 2.05) is 30.3 Å². The predicted molar refractivity (Wildman–Crippen MR) is 51.8 cm³/mol. The lowest BCUT2D eigenvalue weighted by Gasteiger charge is -2.05. The molecule has 0 bridgehead atoms. The van der Waals surface area contributed by atoms with Crippen LogP contribution in [0.15, 0.2) is 30.3 Å². The molecule has 1 N–H and O–H groups in total. The third-order valence-corrected chi connectivity index (χ3v) is 1.54. The summed E-state index contributed by atoms with van der Waals surface area (Å²) in [5, 5.41) is 20.1. The van der Waals surface area contributed by atoms with Gasteiger partial charge in [-0.2, -0.15) is 0 Å². The van der Waals surface area contributed by atoms with Gasteiger partial charge in [-0.15, -0.1) is 0 Å². The second kappa shape index (κ2) is 4.62. The van der Waals surface area contributed by atoms with Gasteiger partial charge in [0.1, 0.15) is 6.10 Å². The molecule has 0 saturated carbocycles. The molecule has 1 rings (SSSR count). The maximum absolute atomic E-state index is 11.1. The third-order valence-electron chi connectivity index (χ3n) is 1.54. The Balaban J connectivity index is 2.66. The van der Waals surface area contributed by atoms with Crippen LogP contribution in [0.5, 0.6) is 0 Å². The van der Waals surface area contributed by atoms with Crippen LogP contribution in [0.2, 0.25) is 0 Å². The Morgan fingerprint density at radius 2 is 2.08 bits per heavy atom. The Hall–Kier alpha value is -1.35. The first-order valence-corrected chi connectivity index (χ1v) is 4.20. The van der Waals surface area contributed by atoms with Gasteiger partial charge in [0.15, 0.2) is 12.8 Å². The van der Waals surface area contributed by atoms with Crippen molar-refractivity contribution >= 4 is 6.21 Å². The second-order valence-corrected chi connectivity index (χ2v) is 2.99. The summed E-state index contributed by atoms with van der Waals surface area (Å²) in [5.41, 5.74) is 0.846. The monoisotopic (exact) mass is 179 g/mol. The fraction of sp³-hybridized carbons (Fsp3) is 0.300. The molecule has 0 amide bonds. The lowest BCUT2D eigenvalue weighted by Crippen LogP contribution is -2.18. The van der Waals surface area contributed by atoms with E-state index in [9.17, 15) is 5.21 Å². The van der Waals surface area contributed by atoms with Gasteiger partial charge in [-0.3, -0.25) is 0 Å². The summed E-state index contributed by atoms with van der Waals surface area (Å²) in [7, 11) is 0. The summed E-state index contributed by atoms with van der Waals surface area (Å²) in [6.45, 7) is 1.69. The summed E-state index contributed by atoms with van der Waals surface area (Å²) in [6.07, 6.45) is 0.865. The minimum absolute atomic E-state index is 0.106. The number of aliphatic hydroxyl groups excluding tert-OH is 1. The van der Waals surface area contributed by atoms with Gasteiger partial charge >= 0.3 is 0 Å². The Labute approximate surface area is 77.5 Å². The predicted octanol–water partition coefficient (Wildman–Crippen LogP) is 0.997. The van der Waals surface area contributed by atoms with Gasteiger partial charge in [0, 0.05) is 5.56 Å². The van der Waals surface area contributed by atoms with Crippen LogP contribution in [0.25, 0.3) is 0 Å².